The Bertz CT molecular complexity index is 5220. The number of aromatic amines is 2. The fourth-order valence-electron chi connectivity index (χ4n) is 14.5. The third kappa shape index (κ3) is 16.3. The lowest BCUT2D eigenvalue weighted by Crippen LogP contribution is -2.52. The summed E-state index contributed by atoms with van der Waals surface area (Å²) in [6.45, 7) is -18.9. The Kier molecular flexibility index (Phi) is 24.2. The summed E-state index contributed by atoms with van der Waals surface area (Å²) in [5, 5.41) is 10.9. The van der Waals surface area contributed by atoms with Crippen molar-refractivity contribution in [2.45, 2.75) is 188 Å². The number of methoxy groups -OCH3 is 1. The number of ether oxygens (including phenoxy) is 9. The van der Waals surface area contributed by atoms with E-state index in [0.717, 1.165) is 36.1 Å². The van der Waals surface area contributed by atoms with E-state index in [4.69, 9.17) is 165 Å². The molecule has 8 aliphatic rings. The number of aliphatic hydroxyl groups excluding tert-OH is 1. The first-order valence-electron chi connectivity index (χ1n) is 33.6. The van der Waals surface area contributed by atoms with Gasteiger partial charge in [0.2, 0.25) is 0 Å². The second kappa shape index (κ2) is 31.7. The standard InChI is InChI=1S/C57H78N13O32P5S5/c1-22-13-67(51(75)62-42(22)59)33-12-29(98-104(80,109)87-18-31-34(99-103(79,108)85-9)35(84-8)46(94-31)66-11-10-32(58)61-50(66)74)30(93-33)17-86-105(81,110)101-40-37-48(68-14-23(2)43(60)63-52(68)76)96-56(40,27(6)91-37)20-89-107(83,112)102-41-38-49(70-16-25(4)45(73)65-54(70)78)97-57(41,28(7)92-38)21-88-106(82,111)100-39-36-47(95-55(39,19-71)26(5)90-36)69-15-24(3)44(72)64-53(69)77/h10-11,13-16,26-31,33-41,46-49,71H,12,17-21H2,1-9H3,(H,79,108)(H,80,109)(H,81,110)(H,82,111)(H,83,112)(H2,58,61,74)(H2,59,62,75)(H2,60,63,76)(H,64,72,77)(H,65,73,78)/p-5/t26-,27-,28-,29?,30+,31+,33+,34?,35-,36-,37-,38-,39?,40?,41?,46+,47+,48+,49+,55-,56-,57-,103?,104?,105?,106?,107?/m0/s1. The van der Waals surface area contributed by atoms with E-state index >= 15 is 9.46 Å². The second-order valence-electron chi connectivity index (χ2n) is 27.3. The van der Waals surface area contributed by atoms with Crippen LogP contribution in [0.1, 0.15) is 80.6 Å². The molecule has 8 aliphatic heterocycles. The number of nitrogen functional groups attached to an aromatic ring is 3. The van der Waals surface area contributed by atoms with Crippen molar-refractivity contribution in [1.29, 1.82) is 0 Å². The maximum absolute atomic E-state index is 15.3. The molecule has 112 heavy (non-hydrogen) atoms. The molecule has 5 aromatic rings. The van der Waals surface area contributed by atoms with Crippen molar-refractivity contribution in [3.05, 3.63) is 132 Å². The summed E-state index contributed by atoms with van der Waals surface area (Å²) in [5.41, 5.74) is 5.85. The van der Waals surface area contributed by atoms with Crippen molar-refractivity contribution in [1.82, 2.24) is 47.8 Å². The zero-order chi connectivity index (χ0) is 81.4. The Labute approximate surface area is 657 Å². The average molecular weight is 1770 g/mol. The van der Waals surface area contributed by atoms with Crippen LogP contribution < -0.4 is 76.3 Å². The van der Waals surface area contributed by atoms with Crippen LogP contribution in [0.4, 0.5) is 17.5 Å². The van der Waals surface area contributed by atoms with Gasteiger partial charge in [0.05, 0.1) is 57.5 Å². The predicted octanol–water partition coefficient (Wildman–Crippen LogP) is -4.17. The average Bonchev–Trinajstić information content (AvgIpc) is 1.56. The van der Waals surface area contributed by atoms with Crippen LogP contribution in [0.2, 0.25) is 0 Å². The summed E-state index contributed by atoms with van der Waals surface area (Å²) in [7, 11) is 2.21. The van der Waals surface area contributed by atoms with Crippen molar-refractivity contribution in [2.24, 2.45) is 0 Å². The first kappa shape index (κ1) is 85.5. The Morgan fingerprint density at radius 1 is 0.554 bits per heavy atom. The van der Waals surface area contributed by atoms with Gasteiger partial charge in [-0.15, -0.1) is 0 Å². The lowest BCUT2D eigenvalue weighted by atomic mass is 9.94. The number of aryl methyl sites for hydroxylation is 4. The fraction of sp³-hybridized carbons (Fsp3) is 0.649. The molecule has 8 fully saturated rings. The van der Waals surface area contributed by atoms with Crippen molar-refractivity contribution in [3.63, 3.8) is 0 Å². The molecular weight excluding hydrogens is 1690 g/mol. The molecule has 0 radical (unpaired) electrons. The van der Waals surface area contributed by atoms with Crippen LogP contribution in [0, 0.1) is 27.7 Å². The molecule has 13 rings (SSSR count). The van der Waals surface area contributed by atoms with Gasteiger partial charge in [-0.1, -0.05) is 47.2 Å². The van der Waals surface area contributed by atoms with Gasteiger partial charge in [0.15, 0.2) is 31.7 Å². The van der Waals surface area contributed by atoms with Gasteiger partial charge in [0.25, 0.3) is 11.1 Å². The van der Waals surface area contributed by atoms with Crippen LogP contribution in [0.3, 0.4) is 0 Å². The van der Waals surface area contributed by atoms with E-state index in [9.17, 15) is 53.3 Å². The number of hydrogen-bond donors (Lipinski definition) is 6. The number of rotatable bonds is 30. The number of anilines is 3. The highest BCUT2D eigenvalue weighted by molar-refractivity contribution is 8.32. The molecule has 0 aromatic carbocycles. The van der Waals surface area contributed by atoms with E-state index in [2.05, 4.69) is 24.9 Å². The van der Waals surface area contributed by atoms with Crippen LogP contribution >= 0.6 is 33.7 Å². The lowest BCUT2D eigenvalue weighted by Gasteiger charge is -2.42. The maximum atomic E-state index is 15.3. The SMILES string of the molecule is CO[C@H]1C(OP([O-])(=S)OC)[C@@H](COP([O-])(=S)OC2C[C@H](n3cc(C)c(N)nc3=O)O[C@@H]2COP([O-])(=S)OC2[C@@H]3O[C@@H](C)[C@]2(COP(=O)([S-])OC2[C@@H]4O[C@@H](C)[C@]2(COP([O-])(=S)OC2[C@@H]5O[C@@H](C)[C@]2(CO)O[C@H]5n2cc(C)c(=O)[nH]c2=O)O[C@H]4n2cc(C)c(=O)[nH]c2=O)O[C@H]3n2cc(C)c(N)nc2=O)O[C@H]1n1ccc(N)nc1=O. The first-order chi connectivity index (χ1) is 52.4. The van der Waals surface area contributed by atoms with Crippen LogP contribution in [-0.4, -0.2) is 202 Å². The Morgan fingerprint density at radius 3 is 1.53 bits per heavy atom. The smallest absolute Gasteiger partial charge is 0.351 e. The topological polar surface area (TPSA) is 597 Å². The molecule has 618 valence electrons. The van der Waals surface area contributed by atoms with Crippen molar-refractivity contribution in [3.8, 4) is 0 Å². The van der Waals surface area contributed by atoms with Gasteiger partial charge in [0, 0.05) is 73.9 Å². The summed E-state index contributed by atoms with van der Waals surface area (Å²) in [4.78, 5) is 165. The summed E-state index contributed by atoms with van der Waals surface area (Å²) in [5.74, 6) is -0.441. The van der Waals surface area contributed by atoms with Gasteiger partial charge in [-0.3, -0.25) is 47.0 Å². The van der Waals surface area contributed by atoms with Gasteiger partial charge in [-0.25, -0.2) is 24.0 Å². The van der Waals surface area contributed by atoms with Gasteiger partial charge >= 0.3 is 28.4 Å². The molecular formula is C57H73N13O32P5S5-5. The van der Waals surface area contributed by atoms with Crippen LogP contribution in [0.15, 0.2) is 70.6 Å². The molecule has 0 saturated carbocycles. The Hall–Kier alpha value is -4.38. The number of H-pyrrole nitrogens is 2. The van der Waals surface area contributed by atoms with Crippen LogP contribution in [0.25, 0.3) is 0 Å². The monoisotopic (exact) mass is 1770 g/mol. The highest BCUT2D eigenvalue weighted by Crippen LogP contribution is 2.63. The van der Waals surface area contributed by atoms with Crippen LogP contribution in [-0.2, 0) is 152 Å². The van der Waals surface area contributed by atoms with Gasteiger partial charge in [0.1, 0.15) is 128 Å². The number of nitrogens with zero attached hydrogens (tertiary/aromatic N) is 8. The van der Waals surface area contributed by atoms with Crippen LogP contribution in [0.5, 0.6) is 0 Å². The number of fused-ring (bicyclic) bond motifs is 6. The minimum absolute atomic E-state index is 0.00317. The van der Waals surface area contributed by atoms with E-state index in [1.807, 2.05) is 0 Å². The number of hydrogen-bond acceptors (Lipinski definition) is 43. The molecule has 9 N–H and O–H groups in total. The summed E-state index contributed by atoms with van der Waals surface area (Å²) >= 11 is 27.1. The third-order valence-electron chi connectivity index (χ3n) is 20.4. The van der Waals surface area contributed by atoms with Crippen molar-refractivity contribution in [2.75, 3.05) is 64.5 Å². The number of nitrogens with two attached hydrogens (primary N) is 3. The molecule has 8 saturated heterocycles. The number of aliphatic hydroxyl groups is 1. The van der Waals surface area contributed by atoms with Gasteiger partial charge in [-0.2, -0.15) is 15.0 Å². The molecule has 45 nitrogen and oxygen atoms in total. The van der Waals surface area contributed by atoms with Crippen molar-refractivity contribution < 1.29 is 117 Å². The minimum Gasteiger partial charge on any atom is -0.780 e. The molecule has 6 bridgehead atoms. The second-order valence-corrected chi connectivity index (χ2v) is 40.9. The molecule has 55 heteroatoms. The molecule has 10 unspecified atom stereocenters. The van der Waals surface area contributed by atoms with E-state index < -0.39 is 246 Å². The number of nitrogens with one attached hydrogen (secondary N) is 2. The molecule has 0 aliphatic carbocycles. The minimum atomic E-state index is -5.20. The Balaban J connectivity index is 0.761. The Morgan fingerprint density at radius 2 is 1.00 bits per heavy atom. The van der Waals surface area contributed by atoms with Gasteiger partial charge in [-0.05, 0) is 54.5 Å². The summed E-state index contributed by atoms with van der Waals surface area (Å²) in [6.07, 6.45) is -22.1. The highest BCUT2D eigenvalue weighted by Gasteiger charge is 2.71. The predicted molar refractivity (Wildman–Crippen MR) is 389 cm³/mol. The van der Waals surface area contributed by atoms with E-state index in [1.165, 1.54) is 86.4 Å². The molecule has 5 aromatic heterocycles. The summed E-state index contributed by atoms with van der Waals surface area (Å²) < 4.78 is 135. The molecule has 13 heterocycles. The zero-order valence-electron chi connectivity index (χ0n) is 59.9. The highest BCUT2D eigenvalue weighted by atomic mass is 32.7. The maximum Gasteiger partial charge on any atom is 0.351 e. The van der Waals surface area contributed by atoms with E-state index in [0.29, 0.717) is 5.56 Å². The third-order valence-corrected chi connectivity index (χ3v) is 28.2. The van der Waals surface area contributed by atoms with Crippen molar-refractivity contribution >= 4 is 111 Å². The largest absolute Gasteiger partial charge is 0.780 e. The lowest BCUT2D eigenvalue weighted by molar-refractivity contribution is -0.240. The number of aromatic nitrogens is 10. The van der Waals surface area contributed by atoms with Gasteiger partial charge < -0.3 is 142 Å². The molecule has 0 spiro atoms. The first-order valence-corrected chi connectivity index (χ1v) is 46.4. The summed E-state index contributed by atoms with van der Waals surface area (Å²) in [6, 6.07) is 1.27. The molecule has 27 atom stereocenters. The quantitative estimate of drug-likeness (QED) is 0.0188. The molecule has 0 amide bonds. The fourth-order valence-corrected chi connectivity index (χ4v) is 21.2. The van der Waals surface area contributed by atoms with E-state index in [-0.39, 0.29) is 34.1 Å². The normalized spacial score (nSPS) is 35.9. The van der Waals surface area contributed by atoms with E-state index in [1.54, 1.807) is 0 Å². The zero-order valence-corrected chi connectivity index (χ0v) is 68.4.